The third kappa shape index (κ3) is 1.36. The van der Waals surface area contributed by atoms with Crippen LogP contribution in [0.4, 0.5) is 4.39 Å². The second-order valence-electron chi connectivity index (χ2n) is 2.29. The van der Waals surface area contributed by atoms with Crippen LogP contribution in [0, 0.1) is 5.13 Å². The second kappa shape index (κ2) is 3.12. The van der Waals surface area contributed by atoms with Crippen molar-refractivity contribution in [3.05, 3.63) is 22.1 Å². The zero-order chi connectivity index (χ0) is 7.56. The third-order valence-corrected chi connectivity index (χ3v) is 2.25. The summed E-state index contributed by atoms with van der Waals surface area (Å²) in [4.78, 5) is 0. The topological polar surface area (TPSA) is 26.0 Å². The molecule has 0 aliphatic carbocycles. The van der Waals surface area contributed by atoms with Crippen molar-refractivity contribution in [2.24, 2.45) is 5.73 Å². The summed E-state index contributed by atoms with van der Waals surface area (Å²) >= 11 is 1.13. The number of rotatable bonds is 2. The lowest BCUT2D eigenvalue weighted by Crippen LogP contribution is -2.08. The molecule has 0 spiro atoms. The summed E-state index contributed by atoms with van der Waals surface area (Å²) < 4.78 is 12.8. The van der Waals surface area contributed by atoms with Crippen molar-refractivity contribution in [1.82, 2.24) is 0 Å². The maximum atomic E-state index is 12.8. The number of thiophene rings is 1. The zero-order valence-electron chi connectivity index (χ0n) is 5.80. The summed E-state index contributed by atoms with van der Waals surface area (Å²) in [6.45, 7) is 2.43. The number of hydrogen-bond acceptors (Lipinski definition) is 2. The van der Waals surface area contributed by atoms with E-state index in [1.807, 2.05) is 6.92 Å². The van der Waals surface area contributed by atoms with E-state index >= 15 is 0 Å². The average molecular weight is 159 g/mol. The third-order valence-electron chi connectivity index (χ3n) is 1.53. The van der Waals surface area contributed by atoms with E-state index in [0.29, 0.717) is 6.54 Å². The van der Waals surface area contributed by atoms with E-state index in [0.717, 1.165) is 16.9 Å². The second-order valence-corrected chi connectivity index (χ2v) is 3.15. The van der Waals surface area contributed by atoms with Crippen LogP contribution in [0.25, 0.3) is 0 Å². The molecule has 56 valence electrons. The monoisotopic (exact) mass is 159 g/mol. The van der Waals surface area contributed by atoms with Gasteiger partial charge >= 0.3 is 0 Å². The predicted octanol–water partition coefficient (Wildman–Crippen LogP) is 1.95. The van der Waals surface area contributed by atoms with Gasteiger partial charge in [0.2, 0.25) is 0 Å². The number of nitrogens with two attached hydrogens (primary N) is 1. The Morgan fingerprint density at radius 1 is 1.80 bits per heavy atom. The molecular formula is C7H10FNS. The highest BCUT2D eigenvalue weighted by atomic mass is 32.1. The van der Waals surface area contributed by atoms with Crippen molar-refractivity contribution in [3.63, 3.8) is 0 Å². The average Bonchev–Trinajstić information content (AvgIpc) is 2.34. The Morgan fingerprint density at radius 3 is 2.90 bits per heavy atom. The Labute approximate surface area is 63.7 Å². The lowest BCUT2D eigenvalue weighted by atomic mass is 10.1. The maximum absolute atomic E-state index is 12.8. The van der Waals surface area contributed by atoms with Crippen molar-refractivity contribution in [2.75, 3.05) is 6.54 Å². The summed E-state index contributed by atoms with van der Waals surface area (Å²) in [5.74, 6) is 0.145. The first-order chi connectivity index (χ1) is 4.75. The van der Waals surface area contributed by atoms with Crippen LogP contribution in [0.15, 0.2) is 11.4 Å². The van der Waals surface area contributed by atoms with E-state index in [4.69, 9.17) is 5.73 Å². The lowest BCUT2D eigenvalue weighted by Gasteiger charge is -2.04. The van der Waals surface area contributed by atoms with Crippen LogP contribution in [0.2, 0.25) is 0 Å². The quantitative estimate of drug-likeness (QED) is 0.701. The highest BCUT2D eigenvalue weighted by molar-refractivity contribution is 7.08. The fourth-order valence-electron chi connectivity index (χ4n) is 0.786. The molecule has 0 aliphatic rings. The van der Waals surface area contributed by atoms with Gasteiger partial charge in [0.15, 0.2) is 5.13 Å². The summed E-state index contributed by atoms with van der Waals surface area (Å²) in [6, 6.07) is 1.79. The number of hydrogen-bond donors (Lipinski definition) is 1. The molecule has 0 aromatic carbocycles. The molecule has 1 aromatic rings. The van der Waals surface area contributed by atoms with Gasteiger partial charge in [-0.1, -0.05) is 6.92 Å². The van der Waals surface area contributed by atoms with Gasteiger partial charge in [-0.05, 0) is 23.9 Å². The molecule has 1 aromatic heterocycles. The van der Waals surface area contributed by atoms with Crippen LogP contribution in [-0.2, 0) is 0 Å². The zero-order valence-corrected chi connectivity index (χ0v) is 6.62. The molecule has 1 nitrogen and oxygen atoms in total. The van der Waals surface area contributed by atoms with Gasteiger partial charge in [0, 0.05) is 5.56 Å². The van der Waals surface area contributed by atoms with E-state index < -0.39 is 0 Å². The Bertz CT molecular complexity index is 209. The van der Waals surface area contributed by atoms with Crippen molar-refractivity contribution in [3.8, 4) is 0 Å². The molecule has 1 atom stereocenters. The van der Waals surface area contributed by atoms with Crippen LogP contribution in [-0.4, -0.2) is 6.54 Å². The van der Waals surface area contributed by atoms with Gasteiger partial charge in [-0.15, -0.1) is 11.3 Å². The van der Waals surface area contributed by atoms with Gasteiger partial charge in [-0.2, -0.15) is 4.39 Å². The Balaban J connectivity index is 2.82. The molecule has 2 N–H and O–H groups in total. The summed E-state index contributed by atoms with van der Waals surface area (Å²) in [5, 5.41) is 1.65. The molecule has 0 fully saturated rings. The highest BCUT2D eigenvalue weighted by Gasteiger charge is 2.08. The fourth-order valence-corrected chi connectivity index (χ4v) is 1.53. The Hall–Kier alpha value is -0.410. The van der Waals surface area contributed by atoms with Gasteiger partial charge in [0.1, 0.15) is 0 Å². The first-order valence-electron chi connectivity index (χ1n) is 3.18. The molecule has 0 bridgehead atoms. The molecule has 1 heterocycles. The molecule has 0 saturated carbocycles. The van der Waals surface area contributed by atoms with Gasteiger partial charge < -0.3 is 5.73 Å². The van der Waals surface area contributed by atoms with Crippen molar-refractivity contribution in [1.29, 1.82) is 0 Å². The van der Waals surface area contributed by atoms with E-state index in [-0.39, 0.29) is 11.0 Å². The highest BCUT2D eigenvalue weighted by Crippen LogP contribution is 2.21. The molecule has 3 heteroatoms. The van der Waals surface area contributed by atoms with Crippen molar-refractivity contribution in [2.45, 2.75) is 12.8 Å². The van der Waals surface area contributed by atoms with E-state index in [1.165, 1.54) is 0 Å². The maximum Gasteiger partial charge on any atom is 0.179 e. The van der Waals surface area contributed by atoms with Crippen LogP contribution >= 0.6 is 11.3 Å². The van der Waals surface area contributed by atoms with Crippen LogP contribution in [0.3, 0.4) is 0 Å². The predicted molar refractivity (Wildman–Crippen MR) is 41.7 cm³/mol. The molecule has 0 radical (unpaired) electrons. The first kappa shape index (κ1) is 7.69. The van der Waals surface area contributed by atoms with Crippen molar-refractivity contribution >= 4 is 11.3 Å². The lowest BCUT2D eigenvalue weighted by molar-refractivity contribution is 0.618. The largest absolute Gasteiger partial charge is 0.330 e. The Morgan fingerprint density at radius 2 is 2.50 bits per heavy atom. The van der Waals surface area contributed by atoms with Crippen LogP contribution in [0.5, 0.6) is 0 Å². The summed E-state index contributed by atoms with van der Waals surface area (Å²) in [5.41, 5.74) is 6.11. The molecular weight excluding hydrogens is 149 g/mol. The minimum atomic E-state index is -0.0991. The normalized spacial score (nSPS) is 13.5. The van der Waals surface area contributed by atoms with Crippen molar-refractivity contribution < 1.29 is 4.39 Å². The van der Waals surface area contributed by atoms with Gasteiger partial charge in [0.05, 0.1) is 0 Å². The van der Waals surface area contributed by atoms with Crippen LogP contribution < -0.4 is 5.73 Å². The molecule has 1 unspecified atom stereocenters. The smallest absolute Gasteiger partial charge is 0.179 e. The van der Waals surface area contributed by atoms with Crippen LogP contribution in [0.1, 0.15) is 18.4 Å². The van der Waals surface area contributed by atoms with Gasteiger partial charge in [0.25, 0.3) is 0 Å². The first-order valence-corrected chi connectivity index (χ1v) is 4.06. The van der Waals surface area contributed by atoms with Gasteiger partial charge in [-0.3, -0.25) is 0 Å². The van der Waals surface area contributed by atoms with Gasteiger partial charge in [-0.25, -0.2) is 0 Å². The molecule has 10 heavy (non-hydrogen) atoms. The van der Waals surface area contributed by atoms with E-state index in [2.05, 4.69) is 0 Å². The minimum Gasteiger partial charge on any atom is -0.330 e. The molecule has 0 amide bonds. The summed E-state index contributed by atoms with van der Waals surface area (Å²) in [7, 11) is 0. The molecule has 0 aliphatic heterocycles. The van der Waals surface area contributed by atoms with E-state index in [9.17, 15) is 4.39 Å². The minimum absolute atomic E-state index is 0.0991. The molecule has 1 rings (SSSR count). The number of halogens is 1. The SMILES string of the molecule is CC(CN)c1ccsc1F. The summed E-state index contributed by atoms with van der Waals surface area (Å²) in [6.07, 6.45) is 0. The standard InChI is InChI=1S/C7H10FNS/c1-5(4-9)6-2-3-10-7(6)8/h2-3,5H,4,9H2,1H3. The molecule has 0 saturated heterocycles. The fraction of sp³-hybridized carbons (Fsp3) is 0.429. The van der Waals surface area contributed by atoms with E-state index in [1.54, 1.807) is 11.4 Å². The Kier molecular flexibility index (Phi) is 2.40.